The lowest BCUT2D eigenvalue weighted by Crippen LogP contribution is -2.54. The van der Waals surface area contributed by atoms with Crippen molar-refractivity contribution in [2.24, 2.45) is 23.7 Å². The average molecular weight is 780 g/mol. The number of hydrogen-bond acceptors (Lipinski definition) is 8. The Kier molecular flexibility index (Phi) is 27.8. The monoisotopic (exact) mass is 780 g/mol. The van der Waals surface area contributed by atoms with Crippen LogP contribution < -0.4 is 37.2 Å². The Labute approximate surface area is 331 Å². The minimum absolute atomic E-state index is 0.0227. The fraction of sp³-hybridized carbons (Fsp3) is 0.829. The molecule has 0 heterocycles. The van der Waals surface area contributed by atoms with Gasteiger partial charge in [0.05, 0.1) is 19.1 Å². The van der Waals surface area contributed by atoms with Crippen molar-refractivity contribution < 1.29 is 33.6 Å². The van der Waals surface area contributed by atoms with Crippen LogP contribution >= 0.6 is 0 Å². The molecule has 0 bridgehead atoms. The van der Waals surface area contributed by atoms with Gasteiger partial charge in [0.1, 0.15) is 12.1 Å². The number of likely N-dealkylation sites (N-methyl/N-ethyl adjacent to an activating group) is 1. The Morgan fingerprint density at radius 2 is 0.927 bits per heavy atom. The van der Waals surface area contributed by atoms with Gasteiger partial charge < -0.3 is 37.2 Å². The topological polar surface area (TPSA) is 204 Å². The summed E-state index contributed by atoms with van der Waals surface area (Å²) in [5.41, 5.74) is 0. The van der Waals surface area contributed by atoms with Gasteiger partial charge in [0.2, 0.25) is 35.4 Å². The molecule has 318 valence electrons. The summed E-state index contributed by atoms with van der Waals surface area (Å²) in [6, 6.07) is -3.04. The van der Waals surface area contributed by atoms with Crippen LogP contribution in [-0.2, 0) is 33.6 Å². The number of unbranched alkanes of at least 4 members (excludes halogenated alkanes) is 9. The number of amides is 6. The lowest BCUT2D eigenvalue weighted by atomic mass is 9.96. The lowest BCUT2D eigenvalue weighted by Gasteiger charge is -2.27. The number of carbonyl (C=O) groups excluding carboxylic acids is 7. The first-order chi connectivity index (χ1) is 25.9. The van der Waals surface area contributed by atoms with E-state index in [0.717, 1.165) is 12.8 Å². The molecule has 0 fully saturated rings. The summed E-state index contributed by atoms with van der Waals surface area (Å²) in [5, 5.41) is 19.2. The molecule has 0 aromatic rings. The molecule has 6 amide bonds. The molecule has 0 saturated heterocycles. The molecule has 0 radical (unpaired) electrons. The van der Waals surface area contributed by atoms with E-state index in [2.05, 4.69) is 44.1 Å². The van der Waals surface area contributed by atoms with Crippen molar-refractivity contribution in [1.82, 2.24) is 37.2 Å². The number of rotatable bonds is 31. The van der Waals surface area contributed by atoms with Gasteiger partial charge in [-0.05, 0) is 37.1 Å². The highest BCUT2D eigenvalue weighted by molar-refractivity contribution is 5.95. The second-order valence-electron chi connectivity index (χ2n) is 16.2. The molecule has 0 aromatic heterocycles. The van der Waals surface area contributed by atoms with Crippen LogP contribution in [0.15, 0.2) is 0 Å². The highest BCUT2D eigenvalue weighted by Crippen LogP contribution is 2.13. The van der Waals surface area contributed by atoms with Crippen LogP contribution in [0.4, 0.5) is 0 Å². The Hall–Kier alpha value is -3.55. The maximum absolute atomic E-state index is 13.4. The summed E-state index contributed by atoms with van der Waals surface area (Å²) in [5.74, 6) is -3.65. The van der Waals surface area contributed by atoms with E-state index >= 15 is 0 Å². The summed E-state index contributed by atoms with van der Waals surface area (Å²) in [6.07, 6.45) is 12.0. The molecule has 0 aliphatic rings. The third kappa shape index (κ3) is 23.9. The van der Waals surface area contributed by atoms with Gasteiger partial charge in [-0.25, -0.2) is 0 Å². The molecule has 7 N–H and O–H groups in total. The smallest absolute Gasteiger partial charge is 0.243 e. The molecule has 14 nitrogen and oxygen atoms in total. The third-order valence-electron chi connectivity index (χ3n) is 9.61. The first-order valence-corrected chi connectivity index (χ1v) is 20.8. The van der Waals surface area contributed by atoms with E-state index in [1.807, 2.05) is 27.7 Å². The summed E-state index contributed by atoms with van der Waals surface area (Å²) < 4.78 is 0. The molecular weight excluding hydrogens is 702 g/mol. The Bertz CT molecular complexity index is 1180. The number of carbonyl (C=O) groups is 7. The molecule has 0 rings (SSSR count). The van der Waals surface area contributed by atoms with Crippen molar-refractivity contribution in [3.63, 3.8) is 0 Å². The molecule has 0 saturated carbocycles. The van der Waals surface area contributed by atoms with E-state index in [1.54, 1.807) is 34.7 Å². The summed E-state index contributed by atoms with van der Waals surface area (Å²) >= 11 is 0. The van der Waals surface area contributed by atoms with E-state index in [0.29, 0.717) is 6.54 Å². The van der Waals surface area contributed by atoms with Crippen molar-refractivity contribution >= 4 is 41.2 Å². The molecule has 0 aromatic carbocycles. The standard InChI is InChI=1S/C41H77N7O7/c1-11-12-13-14-15-16-17-18-19-20-23-43-34(51)24-31(27(2)3)45-41(55)39(30(8)9)46-33(50)22-21-32(49)37(28(4)5)47-36(53)26-44-40(54)38(29(6)7)48-35(52)25-42-10/h27-31,37-39,42H,11-26H2,1-10H3,(H,43,51)(H,44,54)(H,45,55)(H,46,50)(H,47,53)(H,48,52)/t31-,37-,38-,39-/m0/s1. The second kappa shape index (κ2) is 29.7. The maximum Gasteiger partial charge on any atom is 0.243 e. The molecule has 4 atom stereocenters. The van der Waals surface area contributed by atoms with Gasteiger partial charge in [-0.2, -0.15) is 0 Å². The van der Waals surface area contributed by atoms with Crippen molar-refractivity contribution in [3.05, 3.63) is 0 Å². The van der Waals surface area contributed by atoms with Crippen molar-refractivity contribution in [1.29, 1.82) is 0 Å². The fourth-order valence-electron chi connectivity index (χ4n) is 6.05. The number of Topliss-reactive ketones (excluding diaryl/α,β-unsaturated/α-hetero) is 1. The van der Waals surface area contributed by atoms with Gasteiger partial charge in [-0.3, -0.25) is 33.6 Å². The van der Waals surface area contributed by atoms with Gasteiger partial charge in [-0.1, -0.05) is 120 Å². The van der Waals surface area contributed by atoms with Crippen molar-refractivity contribution in [3.8, 4) is 0 Å². The molecule has 55 heavy (non-hydrogen) atoms. The molecule has 0 unspecified atom stereocenters. The number of nitrogens with one attached hydrogen (secondary N) is 7. The Morgan fingerprint density at radius 3 is 1.44 bits per heavy atom. The lowest BCUT2D eigenvalue weighted by molar-refractivity contribution is -0.133. The largest absolute Gasteiger partial charge is 0.356 e. The van der Waals surface area contributed by atoms with Gasteiger partial charge in [0, 0.05) is 31.8 Å². The zero-order valence-corrected chi connectivity index (χ0v) is 35.8. The zero-order chi connectivity index (χ0) is 41.9. The van der Waals surface area contributed by atoms with E-state index in [4.69, 9.17) is 0 Å². The van der Waals surface area contributed by atoms with E-state index in [-0.39, 0.29) is 67.1 Å². The third-order valence-corrected chi connectivity index (χ3v) is 9.61. The van der Waals surface area contributed by atoms with Crippen LogP contribution in [0.2, 0.25) is 0 Å². The molecule has 0 aliphatic heterocycles. The van der Waals surface area contributed by atoms with Gasteiger partial charge in [0.25, 0.3) is 0 Å². The fourth-order valence-corrected chi connectivity index (χ4v) is 6.05. The van der Waals surface area contributed by atoms with Gasteiger partial charge in [0.15, 0.2) is 5.78 Å². The zero-order valence-electron chi connectivity index (χ0n) is 35.8. The first kappa shape index (κ1) is 51.5. The van der Waals surface area contributed by atoms with Crippen LogP contribution in [-0.4, -0.2) is 92.1 Å². The Morgan fingerprint density at radius 1 is 0.455 bits per heavy atom. The maximum atomic E-state index is 13.4. The van der Waals surface area contributed by atoms with Crippen LogP contribution in [0, 0.1) is 23.7 Å². The number of hydrogen-bond donors (Lipinski definition) is 7. The highest BCUT2D eigenvalue weighted by atomic mass is 16.2. The molecule has 0 spiro atoms. The predicted octanol–water partition coefficient (Wildman–Crippen LogP) is 3.66. The quantitative estimate of drug-likeness (QED) is 0.0517. The van der Waals surface area contributed by atoms with Crippen molar-refractivity contribution in [2.75, 3.05) is 26.7 Å². The van der Waals surface area contributed by atoms with Crippen LogP contribution in [0.1, 0.15) is 146 Å². The predicted molar refractivity (Wildman–Crippen MR) is 218 cm³/mol. The average Bonchev–Trinajstić information content (AvgIpc) is 3.11. The van der Waals surface area contributed by atoms with Crippen LogP contribution in [0.3, 0.4) is 0 Å². The SMILES string of the molecule is CCCCCCCCCCCCNC(=O)C[C@H](NC(=O)[C@@H](NC(=O)CCC(=O)[C@@H](NC(=O)CNC(=O)[C@@H](NC(=O)CNC)C(C)C)C(C)C)C(C)C)C(C)C. The minimum atomic E-state index is -0.902. The summed E-state index contributed by atoms with van der Waals surface area (Å²) in [4.78, 5) is 89.7. The van der Waals surface area contributed by atoms with Gasteiger partial charge in [-0.15, -0.1) is 0 Å². The normalized spacial score (nSPS) is 13.6. The van der Waals surface area contributed by atoms with E-state index in [1.165, 1.54) is 51.4 Å². The highest BCUT2D eigenvalue weighted by Gasteiger charge is 2.30. The van der Waals surface area contributed by atoms with Gasteiger partial charge >= 0.3 is 0 Å². The van der Waals surface area contributed by atoms with E-state index < -0.39 is 54.3 Å². The molecule has 14 heteroatoms. The minimum Gasteiger partial charge on any atom is -0.356 e. The first-order valence-electron chi connectivity index (χ1n) is 20.8. The van der Waals surface area contributed by atoms with Crippen molar-refractivity contribution in [2.45, 2.75) is 170 Å². The Balaban J connectivity index is 4.94. The second-order valence-corrected chi connectivity index (χ2v) is 16.2. The molecular formula is C41H77N7O7. The summed E-state index contributed by atoms with van der Waals surface area (Å²) in [6.45, 7) is 17.0. The number of ketones is 1. The molecule has 0 aliphatic carbocycles. The summed E-state index contributed by atoms with van der Waals surface area (Å²) in [7, 11) is 1.61. The van der Waals surface area contributed by atoms with Crippen LogP contribution in [0.25, 0.3) is 0 Å². The van der Waals surface area contributed by atoms with E-state index in [9.17, 15) is 33.6 Å². The van der Waals surface area contributed by atoms with Crippen LogP contribution in [0.5, 0.6) is 0 Å².